The molecule has 1 amide bonds. The van der Waals surface area contributed by atoms with E-state index < -0.39 is 44.6 Å². The molecule has 1 N–H and O–H groups in total. The summed E-state index contributed by atoms with van der Waals surface area (Å²) < 4.78 is 83.7. The van der Waals surface area contributed by atoms with Gasteiger partial charge in [0.05, 0.1) is 34.9 Å². The molecule has 0 bridgehead atoms. The average Bonchev–Trinajstić information content (AvgIpc) is 3.19. The number of hydrogen-bond donors (Lipinski definition) is 1. The maximum absolute atomic E-state index is 13.2. The van der Waals surface area contributed by atoms with Crippen LogP contribution in [0.4, 0.5) is 17.6 Å². The van der Waals surface area contributed by atoms with Crippen LogP contribution in [0.3, 0.4) is 0 Å². The monoisotopic (exact) mass is 511 g/mol. The first-order valence-corrected chi connectivity index (χ1v) is 12.1. The molecule has 7 nitrogen and oxygen atoms in total. The van der Waals surface area contributed by atoms with Crippen molar-refractivity contribution in [3.8, 4) is 11.6 Å². The topological polar surface area (TPSA) is 90.3 Å². The lowest BCUT2D eigenvalue weighted by Gasteiger charge is -2.36. The zero-order valence-electron chi connectivity index (χ0n) is 18.4. The third kappa shape index (κ3) is 5.16. The molecule has 35 heavy (non-hydrogen) atoms. The van der Waals surface area contributed by atoms with Gasteiger partial charge in [-0.3, -0.25) is 4.79 Å². The van der Waals surface area contributed by atoms with E-state index in [1.54, 1.807) is 0 Å². The normalized spacial score (nSPS) is 18.1. The number of carbonyl (C=O) groups excluding carboxylic acids is 1. The summed E-state index contributed by atoms with van der Waals surface area (Å²) in [6, 6.07) is 8.28. The number of aromatic nitrogens is 2. The van der Waals surface area contributed by atoms with Crippen LogP contribution in [-0.4, -0.2) is 42.5 Å². The highest BCUT2D eigenvalue weighted by Gasteiger charge is 2.42. The number of halogens is 4. The van der Waals surface area contributed by atoms with E-state index in [9.17, 15) is 30.8 Å². The van der Waals surface area contributed by atoms with Crippen molar-refractivity contribution in [3.63, 3.8) is 0 Å². The van der Waals surface area contributed by atoms with Gasteiger partial charge in [-0.1, -0.05) is 0 Å². The van der Waals surface area contributed by atoms with Gasteiger partial charge in [-0.05, 0) is 61.4 Å². The van der Waals surface area contributed by atoms with Gasteiger partial charge in [0.15, 0.2) is 9.84 Å². The Hall–Kier alpha value is -3.41. The SMILES string of the molecule is COc1nn(-c2ccc(C(F)(F)F)cc2)cc1CC(=O)N[C@@H]1CC[C@@H]1S(=O)(=O)c1ccc(F)cc1. The van der Waals surface area contributed by atoms with Gasteiger partial charge in [-0.2, -0.15) is 13.2 Å². The van der Waals surface area contributed by atoms with Gasteiger partial charge in [-0.15, -0.1) is 5.10 Å². The zero-order valence-corrected chi connectivity index (χ0v) is 19.2. The summed E-state index contributed by atoms with van der Waals surface area (Å²) in [6.45, 7) is 0. The Morgan fingerprint density at radius 2 is 1.77 bits per heavy atom. The molecule has 0 unspecified atom stereocenters. The lowest BCUT2D eigenvalue weighted by molar-refractivity contribution is -0.137. The summed E-state index contributed by atoms with van der Waals surface area (Å²) in [4.78, 5) is 12.7. The molecule has 1 saturated carbocycles. The second-order valence-corrected chi connectivity index (χ2v) is 10.3. The predicted octanol–water partition coefficient (Wildman–Crippen LogP) is 3.70. The Morgan fingerprint density at radius 1 is 1.11 bits per heavy atom. The van der Waals surface area contributed by atoms with Gasteiger partial charge in [0.25, 0.3) is 0 Å². The fourth-order valence-corrected chi connectivity index (χ4v) is 5.81. The summed E-state index contributed by atoms with van der Waals surface area (Å²) in [5.41, 5.74) is -0.0832. The average molecular weight is 511 g/mol. The van der Waals surface area contributed by atoms with Crippen molar-refractivity contribution < 1.29 is 35.5 Å². The number of hydrogen-bond acceptors (Lipinski definition) is 5. The number of methoxy groups -OCH3 is 1. The lowest BCUT2D eigenvalue weighted by Crippen LogP contribution is -2.54. The number of amides is 1. The number of carbonyl (C=O) groups is 1. The van der Waals surface area contributed by atoms with Gasteiger partial charge < -0.3 is 10.1 Å². The molecule has 4 rings (SSSR count). The van der Waals surface area contributed by atoms with E-state index in [2.05, 4.69) is 10.4 Å². The lowest BCUT2D eigenvalue weighted by atomic mass is 9.92. The van der Waals surface area contributed by atoms with Crippen LogP contribution in [0, 0.1) is 5.82 Å². The van der Waals surface area contributed by atoms with Crippen LogP contribution in [0.15, 0.2) is 59.6 Å². The van der Waals surface area contributed by atoms with Crippen molar-refractivity contribution in [1.82, 2.24) is 15.1 Å². The zero-order chi connectivity index (χ0) is 25.4. The van der Waals surface area contributed by atoms with Gasteiger partial charge in [0.1, 0.15) is 5.82 Å². The van der Waals surface area contributed by atoms with Crippen LogP contribution in [0.5, 0.6) is 5.88 Å². The minimum absolute atomic E-state index is 0.0117. The van der Waals surface area contributed by atoms with E-state index in [1.165, 1.54) is 42.3 Å². The molecule has 0 aliphatic heterocycles. The quantitative estimate of drug-likeness (QED) is 0.386. The molecule has 3 aromatic rings. The third-order valence-electron chi connectivity index (χ3n) is 5.85. The third-order valence-corrected chi connectivity index (χ3v) is 8.14. The van der Waals surface area contributed by atoms with Gasteiger partial charge in [-0.25, -0.2) is 17.5 Å². The van der Waals surface area contributed by atoms with E-state index in [0.29, 0.717) is 24.1 Å². The highest BCUT2D eigenvalue weighted by atomic mass is 32.2. The highest BCUT2D eigenvalue weighted by Crippen LogP contribution is 2.32. The minimum atomic E-state index is -4.47. The molecule has 2 aromatic carbocycles. The molecule has 0 spiro atoms. The Morgan fingerprint density at radius 3 is 2.31 bits per heavy atom. The molecule has 186 valence electrons. The van der Waals surface area contributed by atoms with Crippen LogP contribution < -0.4 is 10.1 Å². The van der Waals surface area contributed by atoms with Gasteiger partial charge in [0.2, 0.25) is 11.8 Å². The van der Waals surface area contributed by atoms with Crippen LogP contribution >= 0.6 is 0 Å². The largest absolute Gasteiger partial charge is 0.480 e. The van der Waals surface area contributed by atoms with Gasteiger partial charge in [0, 0.05) is 17.8 Å². The molecule has 1 fully saturated rings. The van der Waals surface area contributed by atoms with Crippen LogP contribution in [0.2, 0.25) is 0 Å². The van der Waals surface area contributed by atoms with Crippen molar-refractivity contribution >= 4 is 15.7 Å². The van der Waals surface area contributed by atoms with E-state index in [0.717, 1.165) is 24.3 Å². The highest BCUT2D eigenvalue weighted by molar-refractivity contribution is 7.92. The number of nitrogens with one attached hydrogen (secondary N) is 1. The smallest absolute Gasteiger partial charge is 0.416 e. The molecule has 1 heterocycles. The summed E-state index contributed by atoms with van der Waals surface area (Å²) >= 11 is 0. The molecular weight excluding hydrogens is 490 g/mol. The Bertz CT molecular complexity index is 1320. The number of ether oxygens (including phenoxy) is 1. The Balaban J connectivity index is 1.45. The number of rotatable bonds is 7. The first kappa shape index (κ1) is 24.7. The molecule has 2 atom stereocenters. The van der Waals surface area contributed by atoms with E-state index in [1.807, 2.05) is 0 Å². The molecule has 1 aliphatic carbocycles. The van der Waals surface area contributed by atoms with Crippen LogP contribution in [-0.2, 0) is 27.2 Å². The molecule has 12 heteroatoms. The van der Waals surface area contributed by atoms with Crippen molar-refractivity contribution in [1.29, 1.82) is 0 Å². The Kier molecular flexibility index (Phi) is 6.58. The molecular formula is C23H21F4N3O4S. The molecule has 0 radical (unpaired) electrons. The molecule has 1 aromatic heterocycles. The fourth-order valence-electron chi connectivity index (χ4n) is 3.86. The Labute approximate surface area is 198 Å². The summed E-state index contributed by atoms with van der Waals surface area (Å²) in [6.07, 6.45) is -2.34. The number of nitrogens with zero attached hydrogens (tertiary/aromatic N) is 2. The fraction of sp³-hybridized carbons (Fsp3) is 0.304. The van der Waals surface area contributed by atoms with Crippen molar-refractivity contribution in [2.24, 2.45) is 0 Å². The van der Waals surface area contributed by atoms with E-state index >= 15 is 0 Å². The second kappa shape index (κ2) is 9.33. The number of benzene rings is 2. The number of alkyl halides is 3. The van der Waals surface area contributed by atoms with E-state index in [-0.39, 0.29) is 17.2 Å². The summed E-state index contributed by atoms with van der Waals surface area (Å²) in [7, 11) is -2.40. The van der Waals surface area contributed by atoms with Crippen molar-refractivity contribution in [2.75, 3.05) is 7.11 Å². The maximum Gasteiger partial charge on any atom is 0.416 e. The maximum atomic E-state index is 13.2. The molecule has 1 aliphatic rings. The standard InChI is InChI=1S/C23H21F4N3O4S/c1-34-22-14(13-30(29-22)17-6-2-15(3-7-17)23(25,26)27)12-21(31)28-19-10-11-20(19)35(32,33)18-8-4-16(24)5-9-18/h2-9,13,19-20H,10-12H2,1H3,(H,28,31)/t19-,20+/m1/s1. The van der Waals surface area contributed by atoms with E-state index in [4.69, 9.17) is 4.74 Å². The van der Waals surface area contributed by atoms with Crippen molar-refractivity contribution in [2.45, 2.75) is 41.6 Å². The first-order chi connectivity index (χ1) is 16.5. The first-order valence-electron chi connectivity index (χ1n) is 10.6. The summed E-state index contributed by atoms with van der Waals surface area (Å²) in [5, 5.41) is 6.06. The summed E-state index contributed by atoms with van der Waals surface area (Å²) in [5.74, 6) is -0.892. The van der Waals surface area contributed by atoms with Gasteiger partial charge >= 0.3 is 6.18 Å². The van der Waals surface area contributed by atoms with Crippen molar-refractivity contribution in [3.05, 3.63) is 71.7 Å². The van der Waals surface area contributed by atoms with Crippen LogP contribution in [0.1, 0.15) is 24.0 Å². The minimum Gasteiger partial charge on any atom is -0.480 e. The van der Waals surface area contributed by atoms with Crippen LogP contribution in [0.25, 0.3) is 5.69 Å². The molecule has 0 saturated heterocycles. The second-order valence-electron chi connectivity index (χ2n) is 8.12. The predicted molar refractivity (Wildman–Crippen MR) is 117 cm³/mol. The number of sulfone groups is 1.